The summed E-state index contributed by atoms with van der Waals surface area (Å²) in [6.07, 6.45) is 3.48. The van der Waals surface area contributed by atoms with Crippen LogP contribution in [0.25, 0.3) is 0 Å². The van der Waals surface area contributed by atoms with Gasteiger partial charge in [0.25, 0.3) is 0 Å². The quantitative estimate of drug-likeness (QED) is 0.674. The van der Waals surface area contributed by atoms with Crippen molar-refractivity contribution >= 4 is 0 Å². The van der Waals surface area contributed by atoms with E-state index in [9.17, 15) is 0 Å². The van der Waals surface area contributed by atoms with Crippen molar-refractivity contribution in [2.45, 2.75) is 31.8 Å². The highest BCUT2D eigenvalue weighted by Crippen LogP contribution is 2.22. The lowest BCUT2D eigenvalue weighted by atomic mass is 10.1. The normalized spacial score (nSPS) is 17.4. The molecule has 0 bridgehead atoms. The molecule has 1 aliphatic heterocycles. The van der Waals surface area contributed by atoms with Crippen LogP contribution < -0.4 is 0 Å². The molecule has 8 heteroatoms. The molecule has 1 atom stereocenters. The van der Waals surface area contributed by atoms with Gasteiger partial charge < -0.3 is 4.74 Å². The number of tetrazole rings is 1. The van der Waals surface area contributed by atoms with Gasteiger partial charge in [0, 0.05) is 19.1 Å². The van der Waals surface area contributed by atoms with Crippen molar-refractivity contribution in [1.82, 2.24) is 35.0 Å². The van der Waals surface area contributed by atoms with Crippen LogP contribution in [0.3, 0.4) is 0 Å². The molecule has 1 aromatic carbocycles. The van der Waals surface area contributed by atoms with Crippen LogP contribution in [0, 0.1) is 0 Å². The van der Waals surface area contributed by atoms with Crippen LogP contribution in [0.2, 0.25) is 0 Å². The number of rotatable bonds is 6. The van der Waals surface area contributed by atoms with Gasteiger partial charge in [0.1, 0.15) is 18.7 Å². The molecular formula is C16H19N7O. The minimum Gasteiger partial charge on any atom is -0.381 e. The average Bonchev–Trinajstić information content (AvgIpc) is 3.36. The largest absolute Gasteiger partial charge is 0.381 e. The minimum absolute atomic E-state index is 0.288. The first-order valence-electron chi connectivity index (χ1n) is 8.14. The summed E-state index contributed by atoms with van der Waals surface area (Å²) in [5, 5.41) is 16.0. The lowest BCUT2D eigenvalue weighted by molar-refractivity contribution is 0.193. The van der Waals surface area contributed by atoms with E-state index in [1.54, 1.807) is 11.0 Å². The number of benzene rings is 1. The van der Waals surface area contributed by atoms with Crippen molar-refractivity contribution in [3.05, 3.63) is 53.9 Å². The van der Waals surface area contributed by atoms with Crippen molar-refractivity contribution < 1.29 is 4.74 Å². The van der Waals surface area contributed by atoms with E-state index in [-0.39, 0.29) is 5.92 Å². The third-order valence-corrected chi connectivity index (χ3v) is 4.21. The Labute approximate surface area is 139 Å². The summed E-state index contributed by atoms with van der Waals surface area (Å²) < 4.78 is 9.11. The van der Waals surface area contributed by atoms with Crippen LogP contribution in [0.1, 0.15) is 29.6 Å². The van der Waals surface area contributed by atoms with Crippen LogP contribution in [0.5, 0.6) is 0 Å². The second kappa shape index (κ2) is 6.88. The molecule has 0 saturated carbocycles. The Balaban J connectivity index is 1.55. The summed E-state index contributed by atoms with van der Waals surface area (Å²) in [6, 6.07) is 10.4. The van der Waals surface area contributed by atoms with Gasteiger partial charge in [0.05, 0.1) is 6.61 Å². The highest BCUT2D eigenvalue weighted by molar-refractivity contribution is 5.14. The topological polar surface area (TPSA) is 83.5 Å². The average molecular weight is 325 g/mol. The fourth-order valence-electron chi connectivity index (χ4n) is 2.88. The van der Waals surface area contributed by atoms with Crippen LogP contribution in [0.15, 0.2) is 36.7 Å². The molecule has 1 saturated heterocycles. The standard InChI is InChI=1S/C16H19N7O/c1-2-4-13(5-3-1)6-8-23-15(10-22-12-17-20-21-22)18-16(19-23)14-7-9-24-11-14/h1-5,12,14H,6-11H2/t14-/m1/s1. The molecule has 0 N–H and O–H groups in total. The molecule has 8 nitrogen and oxygen atoms in total. The van der Waals surface area contributed by atoms with E-state index >= 15 is 0 Å². The summed E-state index contributed by atoms with van der Waals surface area (Å²) >= 11 is 0. The zero-order valence-corrected chi connectivity index (χ0v) is 13.3. The van der Waals surface area contributed by atoms with E-state index in [1.165, 1.54) is 5.56 Å². The Kier molecular flexibility index (Phi) is 4.28. The van der Waals surface area contributed by atoms with E-state index in [0.29, 0.717) is 13.2 Å². The first-order valence-corrected chi connectivity index (χ1v) is 8.14. The molecule has 3 aromatic rings. The van der Waals surface area contributed by atoms with Gasteiger partial charge in [-0.3, -0.25) is 0 Å². The van der Waals surface area contributed by atoms with Gasteiger partial charge in [0.2, 0.25) is 0 Å². The lowest BCUT2D eigenvalue weighted by Gasteiger charge is -2.06. The zero-order chi connectivity index (χ0) is 16.2. The third-order valence-electron chi connectivity index (χ3n) is 4.21. The smallest absolute Gasteiger partial charge is 0.156 e. The number of aryl methyl sites for hydroxylation is 2. The molecule has 4 rings (SSSR count). The Morgan fingerprint density at radius 2 is 2.12 bits per heavy atom. The first-order chi connectivity index (χ1) is 11.9. The Bertz CT molecular complexity index is 763. The second-order valence-corrected chi connectivity index (χ2v) is 5.91. The monoisotopic (exact) mass is 325 g/mol. The molecule has 124 valence electrons. The highest BCUT2D eigenvalue weighted by Gasteiger charge is 2.23. The number of hydrogen-bond acceptors (Lipinski definition) is 6. The number of aromatic nitrogens is 7. The highest BCUT2D eigenvalue weighted by atomic mass is 16.5. The van der Waals surface area contributed by atoms with Gasteiger partial charge in [0.15, 0.2) is 5.82 Å². The van der Waals surface area contributed by atoms with Crippen molar-refractivity contribution in [3.63, 3.8) is 0 Å². The van der Waals surface area contributed by atoms with Crippen molar-refractivity contribution in [3.8, 4) is 0 Å². The first kappa shape index (κ1) is 14.9. The molecular weight excluding hydrogens is 306 g/mol. The van der Waals surface area contributed by atoms with Crippen molar-refractivity contribution in [1.29, 1.82) is 0 Å². The number of nitrogens with zero attached hydrogens (tertiary/aromatic N) is 7. The van der Waals surface area contributed by atoms with E-state index < -0.39 is 0 Å². The predicted molar refractivity (Wildman–Crippen MR) is 85.3 cm³/mol. The summed E-state index contributed by atoms with van der Waals surface area (Å²) in [4.78, 5) is 4.73. The SMILES string of the molecule is c1ccc(CCn2nc([C@@H]3CCOC3)nc2Cn2cnnn2)cc1. The molecule has 1 fully saturated rings. The van der Waals surface area contributed by atoms with Crippen LogP contribution >= 0.6 is 0 Å². The van der Waals surface area contributed by atoms with Crippen molar-refractivity contribution in [2.75, 3.05) is 13.2 Å². The molecule has 0 unspecified atom stereocenters. The van der Waals surface area contributed by atoms with Crippen LogP contribution in [-0.2, 0) is 24.2 Å². The second-order valence-electron chi connectivity index (χ2n) is 5.91. The van der Waals surface area contributed by atoms with E-state index in [0.717, 1.165) is 37.6 Å². The van der Waals surface area contributed by atoms with Gasteiger partial charge in [-0.1, -0.05) is 30.3 Å². The predicted octanol–water partition coefficient (Wildman–Crippen LogP) is 1.06. The van der Waals surface area contributed by atoms with E-state index in [2.05, 4.69) is 39.8 Å². The van der Waals surface area contributed by atoms with E-state index in [4.69, 9.17) is 14.8 Å². The maximum absolute atomic E-state index is 5.47. The molecule has 0 radical (unpaired) electrons. The van der Waals surface area contributed by atoms with Crippen LogP contribution in [-0.4, -0.2) is 48.2 Å². The molecule has 1 aliphatic rings. The minimum atomic E-state index is 0.288. The summed E-state index contributed by atoms with van der Waals surface area (Å²) in [5.74, 6) is 2.03. The lowest BCUT2D eigenvalue weighted by Crippen LogP contribution is -2.12. The molecule has 2 aromatic heterocycles. The van der Waals surface area contributed by atoms with Gasteiger partial charge in [-0.05, 0) is 28.8 Å². The van der Waals surface area contributed by atoms with Gasteiger partial charge in [-0.15, -0.1) is 5.10 Å². The van der Waals surface area contributed by atoms with Crippen LogP contribution in [0.4, 0.5) is 0 Å². The third kappa shape index (κ3) is 3.33. The summed E-state index contributed by atoms with van der Waals surface area (Å²) in [6.45, 7) is 2.78. The van der Waals surface area contributed by atoms with Gasteiger partial charge in [-0.2, -0.15) is 5.10 Å². The maximum Gasteiger partial charge on any atom is 0.156 e. The summed E-state index contributed by atoms with van der Waals surface area (Å²) in [7, 11) is 0. The molecule has 0 amide bonds. The fraction of sp³-hybridized carbons (Fsp3) is 0.438. The van der Waals surface area contributed by atoms with Crippen molar-refractivity contribution in [2.24, 2.45) is 0 Å². The summed E-state index contributed by atoms with van der Waals surface area (Å²) in [5.41, 5.74) is 1.28. The Morgan fingerprint density at radius 3 is 2.88 bits per heavy atom. The fourth-order valence-corrected chi connectivity index (χ4v) is 2.88. The molecule has 0 aliphatic carbocycles. The van der Waals surface area contributed by atoms with Gasteiger partial charge in [-0.25, -0.2) is 14.3 Å². The maximum atomic E-state index is 5.47. The Hall–Kier alpha value is -2.61. The zero-order valence-electron chi connectivity index (χ0n) is 13.3. The molecule has 3 heterocycles. The molecule has 0 spiro atoms. The molecule has 24 heavy (non-hydrogen) atoms. The number of ether oxygens (including phenoxy) is 1. The van der Waals surface area contributed by atoms with Gasteiger partial charge >= 0.3 is 0 Å². The Morgan fingerprint density at radius 1 is 1.21 bits per heavy atom. The number of hydrogen-bond donors (Lipinski definition) is 0. The van der Waals surface area contributed by atoms with E-state index in [1.807, 2.05) is 10.7 Å².